The van der Waals surface area contributed by atoms with E-state index in [0.717, 1.165) is 44.5 Å². The Morgan fingerprint density at radius 2 is 1.42 bits per heavy atom. The van der Waals surface area contributed by atoms with Crippen molar-refractivity contribution in [1.82, 2.24) is 9.97 Å². The van der Waals surface area contributed by atoms with Gasteiger partial charge < -0.3 is 15.5 Å². The highest BCUT2D eigenvalue weighted by molar-refractivity contribution is 6.04. The van der Waals surface area contributed by atoms with Gasteiger partial charge in [0.2, 0.25) is 5.95 Å². The number of benzene rings is 5. The van der Waals surface area contributed by atoms with Gasteiger partial charge in [-0.15, -0.1) is 0 Å². The van der Waals surface area contributed by atoms with E-state index in [1.807, 2.05) is 55.4 Å². The Morgan fingerprint density at radius 1 is 0.756 bits per heavy atom. The summed E-state index contributed by atoms with van der Waals surface area (Å²) in [7, 11) is 3.84. The van der Waals surface area contributed by atoms with Gasteiger partial charge in [-0.2, -0.15) is 4.98 Å². The summed E-state index contributed by atoms with van der Waals surface area (Å²) in [4.78, 5) is 24.1. The van der Waals surface area contributed by atoms with Crippen molar-refractivity contribution in [3.63, 3.8) is 0 Å². The van der Waals surface area contributed by atoms with Crippen LogP contribution in [-0.2, 0) is 6.54 Å². The molecule has 5 aromatic carbocycles. The van der Waals surface area contributed by atoms with Crippen molar-refractivity contribution in [3.8, 4) is 11.1 Å². The highest BCUT2D eigenvalue weighted by Crippen LogP contribution is 2.30. The lowest BCUT2D eigenvalue weighted by Gasteiger charge is -2.16. The van der Waals surface area contributed by atoms with E-state index in [1.54, 1.807) is 12.1 Å². The van der Waals surface area contributed by atoms with E-state index < -0.39 is 0 Å². The quantitative estimate of drug-likeness (QED) is 0.164. The first-order chi connectivity index (χ1) is 21.9. The average molecular weight is 594 g/mol. The van der Waals surface area contributed by atoms with Crippen LogP contribution in [0.4, 0.5) is 21.8 Å². The third kappa shape index (κ3) is 7.22. The molecule has 2 N–H and O–H groups in total. The summed E-state index contributed by atoms with van der Waals surface area (Å²) in [5.41, 5.74) is 7.34. The molecule has 222 valence electrons. The highest BCUT2D eigenvalue weighted by atomic mass is 19.1. The minimum absolute atomic E-state index is 0.258. The third-order valence-electron chi connectivity index (χ3n) is 7.37. The molecule has 6 rings (SSSR count). The van der Waals surface area contributed by atoms with Crippen LogP contribution >= 0.6 is 0 Å². The number of carbonyl (C=O) groups excluding carboxylic acids is 1. The second-order valence-electron chi connectivity index (χ2n) is 10.9. The van der Waals surface area contributed by atoms with Crippen LogP contribution < -0.4 is 15.5 Å². The molecule has 0 spiro atoms. The van der Waals surface area contributed by atoms with Gasteiger partial charge >= 0.3 is 0 Å². The molecule has 0 bridgehead atoms. The lowest BCUT2D eigenvalue weighted by molar-refractivity contribution is 0.102. The van der Waals surface area contributed by atoms with E-state index in [0.29, 0.717) is 23.7 Å². The highest BCUT2D eigenvalue weighted by Gasteiger charge is 2.12. The minimum Gasteiger partial charge on any atom is -0.365 e. The zero-order valence-electron chi connectivity index (χ0n) is 25.0. The van der Waals surface area contributed by atoms with Crippen LogP contribution in [0.25, 0.3) is 34.2 Å². The van der Waals surface area contributed by atoms with Gasteiger partial charge in [0, 0.05) is 37.3 Å². The molecule has 7 heteroatoms. The fourth-order valence-electron chi connectivity index (χ4n) is 4.87. The maximum Gasteiger partial charge on any atom is 0.255 e. The number of amides is 1. The zero-order valence-corrected chi connectivity index (χ0v) is 25.0. The number of carbonyl (C=O) groups is 1. The van der Waals surface area contributed by atoms with Gasteiger partial charge in [-0.1, -0.05) is 84.9 Å². The van der Waals surface area contributed by atoms with Gasteiger partial charge in [-0.25, -0.2) is 9.37 Å². The molecule has 0 unspecified atom stereocenters. The van der Waals surface area contributed by atoms with Crippen LogP contribution in [0.5, 0.6) is 0 Å². The Bertz CT molecular complexity index is 1950. The summed E-state index contributed by atoms with van der Waals surface area (Å²) < 4.78 is 13.2. The number of hydrogen-bond donors (Lipinski definition) is 2. The number of fused-ring (bicyclic) bond motifs is 1. The van der Waals surface area contributed by atoms with Crippen LogP contribution in [-0.4, -0.2) is 30.0 Å². The fourth-order valence-corrected chi connectivity index (χ4v) is 4.87. The number of hydrogen-bond acceptors (Lipinski definition) is 5. The first-order valence-corrected chi connectivity index (χ1v) is 14.6. The van der Waals surface area contributed by atoms with Gasteiger partial charge in [0.05, 0.1) is 5.52 Å². The van der Waals surface area contributed by atoms with Crippen molar-refractivity contribution in [1.29, 1.82) is 0 Å². The van der Waals surface area contributed by atoms with Crippen molar-refractivity contribution in [2.75, 3.05) is 29.6 Å². The number of nitrogens with zero attached hydrogens (tertiary/aromatic N) is 3. The standard InChI is InChI=1S/C38H32FN5O/c1-44(2)38-42-35-23-18-31(29-14-10-27(11-15-29)9-8-26-6-4-3-5-7-26)24-34(35)36(43-38)40-25-28-12-16-30(17-13-28)37(45)41-33-21-19-32(39)20-22-33/h3-24H,25H2,1-2H3,(H,41,45)(H,40,42,43)/b9-8+. The zero-order chi connectivity index (χ0) is 31.2. The molecule has 1 amide bonds. The predicted octanol–water partition coefficient (Wildman–Crippen LogP) is 8.54. The Kier molecular flexibility index (Phi) is 8.60. The largest absolute Gasteiger partial charge is 0.365 e. The maximum absolute atomic E-state index is 13.2. The second kappa shape index (κ2) is 13.2. The molecule has 0 radical (unpaired) electrons. The molecular weight excluding hydrogens is 561 g/mol. The molecule has 0 aliphatic carbocycles. The third-order valence-corrected chi connectivity index (χ3v) is 7.37. The van der Waals surface area contributed by atoms with E-state index in [1.165, 1.54) is 24.3 Å². The molecule has 45 heavy (non-hydrogen) atoms. The Labute approximate surface area is 261 Å². The molecule has 1 aromatic heterocycles. The molecule has 0 saturated carbocycles. The van der Waals surface area contributed by atoms with E-state index in [2.05, 4.69) is 71.3 Å². The van der Waals surface area contributed by atoms with Crippen molar-refractivity contribution >= 4 is 46.4 Å². The van der Waals surface area contributed by atoms with E-state index in [9.17, 15) is 9.18 Å². The van der Waals surface area contributed by atoms with Gasteiger partial charge in [0.25, 0.3) is 5.91 Å². The van der Waals surface area contributed by atoms with E-state index >= 15 is 0 Å². The molecule has 0 atom stereocenters. The monoisotopic (exact) mass is 593 g/mol. The van der Waals surface area contributed by atoms with E-state index in [4.69, 9.17) is 9.97 Å². The van der Waals surface area contributed by atoms with Gasteiger partial charge in [0.15, 0.2) is 0 Å². The number of aromatic nitrogens is 2. The van der Waals surface area contributed by atoms with Gasteiger partial charge in [-0.05, 0) is 76.3 Å². The number of rotatable bonds is 9. The SMILES string of the molecule is CN(C)c1nc(NCc2ccc(C(=O)Nc3ccc(F)cc3)cc2)c2cc(-c3ccc(/C=C/c4ccccc4)cc3)ccc2n1. The molecular formula is C38H32FN5O. The Morgan fingerprint density at radius 3 is 2.11 bits per heavy atom. The summed E-state index contributed by atoms with van der Waals surface area (Å²) in [6.07, 6.45) is 4.22. The van der Waals surface area contributed by atoms with E-state index in [-0.39, 0.29) is 11.7 Å². The summed E-state index contributed by atoms with van der Waals surface area (Å²) >= 11 is 0. The average Bonchev–Trinajstić information content (AvgIpc) is 3.08. The molecule has 0 saturated heterocycles. The topological polar surface area (TPSA) is 70.2 Å². The first-order valence-electron chi connectivity index (χ1n) is 14.6. The van der Waals surface area contributed by atoms with Crippen LogP contribution in [0, 0.1) is 5.82 Å². The number of halogens is 1. The lowest BCUT2D eigenvalue weighted by Crippen LogP contribution is -2.14. The summed E-state index contributed by atoms with van der Waals surface area (Å²) in [5.74, 6) is 0.731. The van der Waals surface area contributed by atoms with Crippen molar-refractivity contribution in [2.24, 2.45) is 0 Å². The van der Waals surface area contributed by atoms with Crippen LogP contribution in [0.3, 0.4) is 0 Å². The smallest absolute Gasteiger partial charge is 0.255 e. The van der Waals surface area contributed by atoms with Gasteiger partial charge in [-0.3, -0.25) is 4.79 Å². The molecule has 0 fully saturated rings. The Balaban J connectivity index is 1.20. The minimum atomic E-state index is -0.350. The molecule has 6 nitrogen and oxygen atoms in total. The van der Waals surface area contributed by atoms with Crippen LogP contribution in [0.1, 0.15) is 27.0 Å². The maximum atomic E-state index is 13.2. The Hall–Kier alpha value is -5.82. The van der Waals surface area contributed by atoms with Crippen molar-refractivity contribution in [2.45, 2.75) is 6.54 Å². The predicted molar refractivity (Wildman–Crippen MR) is 183 cm³/mol. The molecule has 1 heterocycles. The molecule has 0 aliphatic rings. The second-order valence-corrected chi connectivity index (χ2v) is 10.9. The molecule has 6 aromatic rings. The normalized spacial score (nSPS) is 11.1. The van der Waals surface area contributed by atoms with Crippen molar-refractivity contribution < 1.29 is 9.18 Å². The summed E-state index contributed by atoms with van der Waals surface area (Å²) in [6, 6.07) is 38.0. The number of anilines is 3. The van der Waals surface area contributed by atoms with Crippen LogP contribution in [0.15, 0.2) is 121 Å². The van der Waals surface area contributed by atoms with Gasteiger partial charge in [0.1, 0.15) is 11.6 Å². The summed E-state index contributed by atoms with van der Waals surface area (Å²) in [5, 5.41) is 7.20. The molecule has 0 aliphatic heterocycles. The lowest BCUT2D eigenvalue weighted by atomic mass is 10.0. The van der Waals surface area contributed by atoms with Crippen LogP contribution in [0.2, 0.25) is 0 Å². The first kappa shape index (κ1) is 29.3. The van der Waals surface area contributed by atoms with Crippen molar-refractivity contribution in [3.05, 3.63) is 149 Å². The number of nitrogens with one attached hydrogen (secondary N) is 2. The summed E-state index contributed by atoms with van der Waals surface area (Å²) in [6.45, 7) is 0.505. The fraction of sp³-hybridized carbons (Fsp3) is 0.0789.